The fraction of sp³-hybridized carbons (Fsp3) is 0.562. The van der Waals surface area contributed by atoms with Gasteiger partial charge < -0.3 is 10.2 Å². The number of nitrogens with zero attached hydrogens (tertiary/aromatic N) is 2. The average Bonchev–Trinajstić information content (AvgIpc) is 2.36. The van der Waals surface area contributed by atoms with Crippen molar-refractivity contribution in [1.29, 1.82) is 0 Å². The lowest BCUT2D eigenvalue weighted by Gasteiger charge is -2.24. The molecule has 0 aliphatic heterocycles. The summed E-state index contributed by atoms with van der Waals surface area (Å²) in [5.41, 5.74) is 2.42. The number of nitrogens with one attached hydrogen (secondary N) is 1. The van der Waals surface area contributed by atoms with Crippen molar-refractivity contribution in [2.24, 2.45) is 0 Å². The van der Waals surface area contributed by atoms with Gasteiger partial charge in [-0.15, -0.1) is 6.58 Å². The minimum Gasteiger partial charge on any atom is -0.368 e. The summed E-state index contributed by atoms with van der Waals surface area (Å²) >= 11 is 0. The molecule has 1 rings (SSSR count). The van der Waals surface area contributed by atoms with E-state index < -0.39 is 0 Å². The van der Waals surface area contributed by atoms with Gasteiger partial charge in [0.15, 0.2) is 0 Å². The number of hydrogen-bond acceptors (Lipinski definition) is 3. The van der Waals surface area contributed by atoms with Crippen LogP contribution in [0.4, 0.5) is 5.69 Å². The summed E-state index contributed by atoms with van der Waals surface area (Å²) in [4.78, 5) is 6.76. The normalized spacial score (nSPS) is 11.4. The van der Waals surface area contributed by atoms with Crippen LogP contribution in [-0.4, -0.2) is 23.6 Å². The standard InChI is InChI=1S/C16H27N3/c1-6-10-19(11-7-2)15-8-9-17-14(12-15)13-18-16(3,4)5/h6,8-9,12,18H,1,7,10-11,13H2,2-5H3. The molecule has 3 heteroatoms. The highest BCUT2D eigenvalue weighted by Crippen LogP contribution is 2.15. The molecule has 1 aromatic heterocycles. The third-order valence-corrected chi connectivity index (χ3v) is 2.81. The Balaban J connectivity index is 2.76. The Morgan fingerprint density at radius 2 is 2.16 bits per heavy atom. The molecule has 0 aliphatic rings. The van der Waals surface area contributed by atoms with Gasteiger partial charge in [0.2, 0.25) is 0 Å². The molecule has 19 heavy (non-hydrogen) atoms. The van der Waals surface area contributed by atoms with Crippen LogP contribution >= 0.6 is 0 Å². The first kappa shape index (κ1) is 15.7. The topological polar surface area (TPSA) is 28.2 Å². The minimum absolute atomic E-state index is 0.113. The van der Waals surface area contributed by atoms with Gasteiger partial charge in [-0.2, -0.15) is 0 Å². The van der Waals surface area contributed by atoms with Crippen LogP contribution < -0.4 is 10.2 Å². The molecule has 0 unspecified atom stereocenters. The molecule has 0 atom stereocenters. The third-order valence-electron chi connectivity index (χ3n) is 2.81. The fourth-order valence-electron chi connectivity index (χ4n) is 1.87. The van der Waals surface area contributed by atoms with E-state index in [-0.39, 0.29) is 5.54 Å². The van der Waals surface area contributed by atoms with Crippen molar-refractivity contribution in [2.45, 2.75) is 46.2 Å². The number of aromatic nitrogens is 1. The summed E-state index contributed by atoms with van der Waals surface area (Å²) in [7, 11) is 0. The van der Waals surface area contributed by atoms with Gasteiger partial charge in [0.25, 0.3) is 0 Å². The summed E-state index contributed by atoms with van der Waals surface area (Å²) in [6.07, 6.45) is 4.97. The van der Waals surface area contributed by atoms with E-state index in [0.29, 0.717) is 0 Å². The quantitative estimate of drug-likeness (QED) is 0.763. The molecule has 3 nitrogen and oxygen atoms in total. The zero-order chi connectivity index (χ0) is 14.3. The first-order valence-electron chi connectivity index (χ1n) is 7.02. The number of hydrogen-bond donors (Lipinski definition) is 1. The molecule has 1 heterocycles. The molecule has 0 saturated heterocycles. The maximum Gasteiger partial charge on any atom is 0.0562 e. The predicted molar refractivity (Wildman–Crippen MR) is 83.5 cm³/mol. The second-order valence-electron chi connectivity index (χ2n) is 5.84. The molecular formula is C16H27N3. The van der Waals surface area contributed by atoms with Crippen LogP contribution in [-0.2, 0) is 6.54 Å². The van der Waals surface area contributed by atoms with Crippen molar-refractivity contribution in [2.75, 3.05) is 18.0 Å². The summed E-state index contributed by atoms with van der Waals surface area (Å²) < 4.78 is 0. The van der Waals surface area contributed by atoms with E-state index in [1.165, 1.54) is 5.69 Å². The highest BCUT2D eigenvalue weighted by molar-refractivity contribution is 5.47. The Morgan fingerprint density at radius 1 is 1.42 bits per heavy atom. The molecule has 0 bridgehead atoms. The molecule has 0 spiro atoms. The lowest BCUT2D eigenvalue weighted by Crippen LogP contribution is -2.35. The molecule has 0 amide bonds. The second kappa shape index (κ2) is 7.29. The monoisotopic (exact) mass is 261 g/mol. The van der Waals surface area contributed by atoms with E-state index in [4.69, 9.17) is 0 Å². The zero-order valence-electron chi connectivity index (χ0n) is 12.7. The van der Waals surface area contributed by atoms with Gasteiger partial charge in [-0.3, -0.25) is 4.98 Å². The smallest absolute Gasteiger partial charge is 0.0562 e. The molecule has 0 aromatic carbocycles. The van der Waals surface area contributed by atoms with Crippen molar-refractivity contribution >= 4 is 5.69 Å². The van der Waals surface area contributed by atoms with Gasteiger partial charge in [0, 0.05) is 37.1 Å². The van der Waals surface area contributed by atoms with E-state index in [1.807, 2.05) is 12.3 Å². The minimum atomic E-state index is 0.113. The molecule has 106 valence electrons. The predicted octanol–water partition coefficient (Wildman–Crippen LogP) is 3.37. The first-order chi connectivity index (χ1) is 8.96. The Hall–Kier alpha value is -1.35. The number of pyridine rings is 1. The lowest BCUT2D eigenvalue weighted by atomic mass is 10.1. The largest absolute Gasteiger partial charge is 0.368 e. The van der Waals surface area contributed by atoms with Crippen LogP contribution in [0.2, 0.25) is 0 Å². The second-order valence-corrected chi connectivity index (χ2v) is 5.84. The molecule has 1 aromatic rings. The summed E-state index contributed by atoms with van der Waals surface area (Å²) in [5, 5.41) is 3.47. The van der Waals surface area contributed by atoms with Crippen LogP contribution in [0, 0.1) is 0 Å². The van der Waals surface area contributed by atoms with Gasteiger partial charge >= 0.3 is 0 Å². The first-order valence-corrected chi connectivity index (χ1v) is 7.02. The van der Waals surface area contributed by atoms with Crippen molar-refractivity contribution in [3.8, 4) is 0 Å². The summed E-state index contributed by atoms with van der Waals surface area (Å²) in [6.45, 7) is 15.2. The van der Waals surface area contributed by atoms with Gasteiger partial charge in [-0.25, -0.2) is 0 Å². The van der Waals surface area contributed by atoms with Crippen LogP contribution in [0.5, 0.6) is 0 Å². The zero-order valence-corrected chi connectivity index (χ0v) is 12.7. The van der Waals surface area contributed by atoms with E-state index >= 15 is 0 Å². The van der Waals surface area contributed by atoms with E-state index in [9.17, 15) is 0 Å². The van der Waals surface area contributed by atoms with Gasteiger partial charge in [-0.05, 0) is 39.3 Å². The van der Waals surface area contributed by atoms with Crippen LogP contribution in [0.3, 0.4) is 0 Å². The average molecular weight is 261 g/mol. The highest BCUT2D eigenvalue weighted by atomic mass is 15.1. The molecule has 0 aliphatic carbocycles. The molecule has 0 saturated carbocycles. The lowest BCUT2D eigenvalue weighted by molar-refractivity contribution is 0.421. The Labute approximate surface area is 117 Å². The van der Waals surface area contributed by atoms with Crippen LogP contribution in [0.15, 0.2) is 31.0 Å². The van der Waals surface area contributed by atoms with Crippen molar-refractivity contribution < 1.29 is 0 Å². The van der Waals surface area contributed by atoms with E-state index in [1.54, 1.807) is 0 Å². The van der Waals surface area contributed by atoms with Crippen molar-refractivity contribution in [3.63, 3.8) is 0 Å². The van der Waals surface area contributed by atoms with Crippen LogP contribution in [0.25, 0.3) is 0 Å². The maximum atomic E-state index is 4.43. The molecule has 0 fully saturated rings. The van der Waals surface area contributed by atoms with E-state index in [0.717, 1.165) is 31.7 Å². The maximum absolute atomic E-state index is 4.43. The Kier molecular flexibility index (Phi) is 6.03. The van der Waals surface area contributed by atoms with E-state index in [2.05, 4.69) is 61.6 Å². The molecule has 0 radical (unpaired) electrons. The van der Waals surface area contributed by atoms with Gasteiger partial charge in [0.05, 0.1) is 5.69 Å². The number of anilines is 1. The van der Waals surface area contributed by atoms with Crippen molar-refractivity contribution in [1.82, 2.24) is 10.3 Å². The fourth-order valence-corrected chi connectivity index (χ4v) is 1.87. The SMILES string of the molecule is C=CCN(CCC)c1ccnc(CNC(C)(C)C)c1. The Bertz CT molecular complexity index is 393. The highest BCUT2D eigenvalue weighted by Gasteiger charge is 2.10. The van der Waals surface area contributed by atoms with Crippen LogP contribution in [0.1, 0.15) is 39.8 Å². The number of rotatable bonds is 7. The van der Waals surface area contributed by atoms with Gasteiger partial charge in [-0.1, -0.05) is 13.0 Å². The molecule has 1 N–H and O–H groups in total. The Morgan fingerprint density at radius 3 is 2.74 bits per heavy atom. The molecular weight excluding hydrogens is 234 g/mol. The van der Waals surface area contributed by atoms with Crippen molar-refractivity contribution in [3.05, 3.63) is 36.7 Å². The summed E-state index contributed by atoms with van der Waals surface area (Å²) in [6, 6.07) is 4.23. The summed E-state index contributed by atoms with van der Waals surface area (Å²) in [5.74, 6) is 0. The third kappa shape index (κ3) is 5.88. The van der Waals surface area contributed by atoms with Gasteiger partial charge in [0.1, 0.15) is 0 Å².